The highest BCUT2D eigenvalue weighted by Gasteiger charge is 2.08. The number of nitro groups is 1. The predicted molar refractivity (Wildman–Crippen MR) is 43.4 cm³/mol. The number of hydrogen-bond donors (Lipinski definition) is 0. The van der Waals surface area contributed by atoms with Crippen molar-refractivity contribution in [3.63, 3.8) is 0 Å². The van der Waals surface area contributed by atoms with E-state index in [0.29, 0.717) is 11.3 Å². The van der Waals surface area contributed by atoms with Crippen LogP contribution in [-0.4, -0.2) is 12.0 Å². The Kier molecular flexibility index (Phi) is 2.63. The molecule has 1 aromatic rings. The summed E-state index contributed by atoms with van der Waals surface area (Å²) in [5.41, 5.74) is 0.477. The van der Waals surface area contributed by atoms with E-state index in [1.807, 2.05) is 0 Å². The summed E-state index contributed by atoms with van der Waals surface area (Å²) >= 11 is 0. The summed E-state index contributed by atoms with van der Waals surface area (Å²) in [6.45, 7) is 0.916. The molecule has 0 amide bonds. The monoisotopic (exact) mass is 166 g/mol. The molecule has 4 heteroatoms. The fraction of sp³-hybridized carbons (Fsp3) is 0.125. The number of nitrogens with zero attached hydrogens (tertiary/aromatic N) is 1. The number of benzene rings is 1. The van der Waals surface area contributed by atoms with Gasteiger partial charge in [0.1, 0.15) is 5.75 Å². The van der Waals surface area contributed by atoms with Gasteiger partial charge in [-0.15, -0.1) is 0 Å². The third kappa shape index (κ3) is 1.95. The van der Waals surface area contributed by atoms with Gasteiger partial charge < -0.3 is 4.74 Å². The van der Waals surface area contributed by atoms with Crippen molar-refractivity contribution in [3.05, 3.63) is 46.5 Å². The zero-order chi connectivity index (χ0) is 8.97. The first-order valence-electron chi connectivity index (χ1n) is 3.35. The summed E-state index contributed by atoms with van der Waals surface area (Å²) in [7, 11) is 1.48. The summed E-state index contributed by atoms with van der Waals surface area (Å²) in [6.07, 6.45) is 0. The molecule has 0 aliphatic rings. The molecule has 0 heterocycles. The molecule has 4 nitrogen and oxygen atoms in total. The van der Waals surface area contributed by atoms with Crippen LogP contribution in [0, 0.1) is 16.7 Å². The highest BCUT2D eigenvalue weighted by Crippen LogP contribution is 2.18. The Balaban J connectivity index is 2.89. The van der Waals surface area contributed by atoms with Crippen molar-refractivity contribution in [1.29, 1.82) is 0 Å². The summed E-state index contributed by atoms with van der Waals surface area (Å²) in [6, 6.07) is 6.78. The van der Waals surface area contributed by atoms with Crippen molar-refractivity contribution in [3.8, 4) is 5.75 Å². The second-order valence-electron chi connectivity index (χ2n) is 2.16. The van der Waals surface area contributed by atoms with Crippen LogP contribution in [0.25, 0.3) is 0 Å². The second kappa shape index (κ2) is 3.71. The van der Waals surface area contributed by atoms with Gasteiger partial charge in [0.25, 0.3) is 0 Å². The molecule has 12 heavy (non-hydrogen) atoms. The Labute approximate surface area is 69.9 Å². The van der Waals surface area contributed by atoms with Gasteiger partial charge in [-0.05, 0) is 12.1 Å². The van der Waals surface area contributed by atoms with Crippen LogP contribution in [0.5, 0.6) is 5.75 Å². The van der Waals surface area contributed by atoms with Crippen LogP contribution in [0.15, 0.2) is 24.3 Å². The lowest BCUT2D eigenvalue weighted by atomic mass is 10.2. The Bertz CT molecular complexity index is 285. The van der Waals surface area contributed by atoms with E-state index < -0.39 is 4.92 Å². The minimum atomic E-state index is -0.502. The van der Waals surface area contributed by atoms with Gasteiger partial charge in [0, 0.05) is 4.92 Å². The molecule has 0 saturated heterocycles. The van der Waals surface area contributed by atoms with E-state index in [-0.39, 0.29) is 0 Å². The molecule has 0 N–H and O–H groups in total. The van der Waals surface area contributed by atoms with Crippen LogP contribution in [0.4, 0.5) is 0 Å². The Morgan fingerprint density at radius 3 is 2.75 bits per heavy atom. The lowest BCUT2D eigenvalue weighted by Crippen LogP contribution is -1.97. The highest BCUT2D eigenvalue weighted by atomic mass is 16.6. The molecule has 0 unspecified atom stereocenters. The Morgan fingerprint density at radius 1 is 1.50 bits per heavy atom. The number of hydrogen-bond acceptors (Lipinski definition) is 3. The maximum atomic E-state index is 10.1. The fourth-order valence-corrected chi connectivity index (χ4v) is 0.887. The van der Waals surface area contributed by atoms with Crippen LogP contribution in [-0.2, 0) is 0 Å². The SMILES string of the molecule is COc1ccccc1[CH][N+](=O)[O-]. The summed E-state index contributed by atoms with van der Waals surface area (Å²) in [5, 5.41) is 10.1. The summed E-state index contributed by atoms with van der Waals surface area (Å²) in [4.78, 5) is 9.63. The molecular weight excluding hydrogens is 158 g/mol. The van der Waals surface area contributed by atoms with Crippen LogP contribution in [0.1, 0.15) is 5.56 Å². The van der Waals surface area contributed by atoms with Gasteiger partial charge >= 0.3 is 6.54 Å². The quantitative estimate of drug-likeness (QED) is 0.504. The first kappa shape index (κ1) is 8.52. The van der Waals surface area contributed by atoms with Crippen molar-refractivity contribution in [2.45, 2.75) is 0 Å². The molecule has 1 radical (unpaired) electrons. The molecule has 0 aliphatic carbocycles. The topological polar surface area (TPSA) is 52.4 Å². The minimum absolute atomic E-state index is 0.477. The third-order valence-corrected chi connectivity index (χ3v) is 1.38. The molecule has 1 aromatic carbocycles. The molecule has 0 saturated carbocycles. The summed E-state index contributed by atoms with van der Waals surface area (Å²) in [5.74, 6) is 0.509. The van der Waals surface area contributed by atoms with Gasteiger partial charge in [0.15, 0.2) is 0 Å². The summed E-state index contributed by atoms with van der Waals surface area (Å²) < 4.78 is 4.91. The van der Waals surface area contributed by atoms with Gasteiger partial charge in [-0.2, -0.15) is 0 Å². The van der Waals surface area contributed by atoms with E-state index >= 15 is 0 Å². The van der Waals surface area contributed by atoms with Crippen molar-refractivity contribution in [2.75, 3.05) is 7.11 Å². The third-order valence-electron chi connectivity index (χ3n) is 1.38. The minimum Gasteiger partial charge on any atom is -0.496 e. The first-order valence-corrected chi connectivity index (χ1v) is 3.35. The average Bonchev–Trinajstić information content (AvgIpc) is 2.04. The second-order valence-corrected chi connectivity index (χ2v) is 2.16. The van der Waals surface area contributed by atoms with E-state index in [1.165, 1.54) is 7.11 Å². The van der Waals surface area contributed by atoms with Crippen molar-refractivity contribution < 1.29 is 9.66 Å². The van der Waals surface area contributed by atoms with Gasteiger partial charge in [0.2, 0.25) is 0 Å². The van der Waals surface area contributed by atoms with E-state index in [4.69, 9.17) is 4.74 Å². The molecule has 1 rings (SSSR count). The molecular formula is C8H8NO3. The van der Waals surface area contributed by atoms with E-state index in [9.17, 15) is 10.1 Å². The molecule has 0 aliphatic heterocycles. The van der Waals surface area contributed by atoms with E-state index in [1.54, 1.807) is 24.3 Å². The van der Waals surface area contributed by atoms with Crippen LogP contribution in [0.2, 0.25) is 0 Å². The first-order chi connectivity index (χ1) is 5.74. The molecule has 0 bridgehead atoms. The molecule has 0 fully saturated rings. The average molecular weight is 166 g/mol. The number of methoxy groups -OCH3 is 1. The number of rotatable bonds is 3. The van der Waals surface area contributed by atoms with Gasteiger partial charge in [-0.1, -0.05) is 12.1 Å². The van der Waals surface area contributed by atoms with Crippen molar-refractivity contribution in [1.82, 2.24) is 0 Å². The normalized spacial score (nSPS) is 9.42. The van der Waals surface area contributed by atoms with Crippen molar-refractivity contribution in [2.24, 2.45) is 0 Å². The molecule has 0 atom stereocenters. The van der Waals surface area contributed by atoms with E-state index in [2.05, 4.69) is 0 Å². The van der Waals surface area contributed by atoms with Crippen molar-refractivity contribution >= 4 is 0 Å². The maximum absolute atomic E-state index is 10.1. The van der Waals surface area contributed by atoms with Crippen LogP contribution >= 0.6 is 0 Å². The largest absolute Gasteiger partial charge is 0.496 e. The lowest BCUT2D eigenvalue weighted by Gasteiger charge is -2.01. The molecule has 63 valence electrons. The van der Waals surface area contributed by atoms with Crippen LogP contribution in [0.3, 0.4) is 0 Å². The zero-order valence-corrected chi connectivity index (χ0v) is 6.56. The lowest BCUT2D eigenvalue weighted by molar-refractivity contribution is -0.429. The van der Waals surface area contributed by atoms with Gasteiger partial charge in [-0.25, -0.2) is 0 Å². The number of ether oxygens (including phenoxy) is 1. The standard InChI is InChI=1S/C8H8NO3/c1-12-8-5-3-2-4-7(8)6-9(10)11/h2-6H,1H3. The smallest absolute Gasteiger partial charge is 0.312 e. The van der Waals surface area contributed by atoms with Crippen LogP contribution < -0.4 is 4.74 Å². The highest BCUT2D eigenvalue weighted by molar-refractivity contribution is 5.36. The molecule has 0 aromatic heterocycles. The zero-order valence-electron chi connectivity index (χ0n) is 6.56. The van der Waals surface area contributed by atoms with Gasteiger partial charge in [-0.3, -0.25) is 10.1 Å². The Morgan fingerprint density at radius 2 is 2.17 bits per heavy atom. The fourth-order valence-electron chi connectivity index (χ4n) is 0.887. The predicted octanol–water partition coefficient (Wildman–Crippen LogP) is 1.48. The van der Waals surface area contributed by atoms with Gasteiger partial charge in [0.05, 0.1) is 12.7 Å². The number of para-hydroxylation sites is 1. The maximum Gasteiger partial charge on any atom is 0.312 e. The molecule has 0 spiro atoms. The Hall–Kier alpha value is -1.58. The van der Waals surface area contributed by atoms with E-state index in [0.717, 1.165) is 6.54 Å².